The molecule has 0 aliphatic carbocycles. The van der Waals surface area contributed by atoms with Gasteiger partial charge in [-0.2, -0.15) is 0 Å². The minimum absolute atomic E-state index is 0.324. The van der Waals surface area contributed by atoms with Crippen LogP contribution < -0.4 is 5.32 Å². The van der Waals surface area contributed by atoms with Crippen LogP contribution in [-0.2, 0) is 10.5 Å². The van der Waals surface area contributed by atoms with Crippen LogP contribution in [0.25, 0.3) is 0 Å². The van der Waals surface area contributed by atoms with E-state index in [9.17, 15) is 4.79 Å². The summed E-state index contributed by atoms with van der Waals surface area (Å²) in [4.78, 5) is 11.4. The van der Waals surface area contributed by atoms with Crippen molar-refractivity contribution in [3.63, 3.8) is 0 Å². The summed E-state index contributed by atoms with van der Waals surface area (Å²) in [5.41, 5.74) is 3.86. The molecule has 2 aromatic carbocycles. The first-order chi connectivity index (χ1) is 12.1. The van der Waals surface area contributed by atoms with Gasteiger partial charge < -0.3 is 10.1 Å². The fraction of sp³-hybridized carbons (Fsp3) is 0.167. The van der Waals surface area contributed by atoms with Crippen LogP contribution in [0.15, 0.2) is 52.9 Å². The third kappa shape index (κ3) is 4.80. The van der Waals surface area contributed by atoms with Crippen LogP contribution in [-0.4, -0.2) is 23.3 Å². The number of anilines is 2. The summed E-state index contributed by atoms with van der Waals surface area (Å²) in [5.74, 6) is 0.441. The van der Waals surface area contributed by atoms with Gasteiger partial charge in [0.15, 0.2) is 4.34 Å². The predicted molar refractivity (Wildman–Crippen MR) is 102 cm³/mol. The van der Waals surface area contributed by atoms with Crippen molar-refractivity contribution in [3.05, 3.63) is 65.2 Å². The van der Waals surface area contributed by atoms with E-state index in [-0.39, 0.29) is 5.97 Å². The Morgan fingerprint density at radius 2 is 2.00 bits per heavy atom. The maximum absolute atomic E-state index is 11.4. The van der Waals surface area contributed by atoms with Gasteiger partial charge in [-0.3, -0.25) is 0 Å². The molecule has 0 amide bonds. The molecule has 5 nitrogen and oxygen atoms in total. The van der Waals surface area contributed by atoms with Crippen molar-refractivity contribution >= 4 is 39.9 Å². The molecule has 0 spiro atoms. The lowest BCUT2D eigenvalue weighted by Crippen LogP contribution is -2.00. The number of nitrogens with zero attached hydrogens (tertiary/aromatic N) is 2. The van der Waals surface area contributed by atoms with Crippen LogP contribution in [0.5, 0.6) is 0 Å². The van der Waals surface area contributed by atoms with Crippen molar-refractivity contribution in [2.75, 3.05) is 12.4 Å². The van der Waals surface area contributed by atoms with E-state index in [1.165, 1.54) is 24.0 Å². The Labute approximate surface area is 154 Å². The lowest BCUT2D eigenvalue weighted by Gasteiger charge is -2.02. The number of carbonyl (C=O) groups is 1. The Kier molecular flexibility index (Phi) is 5.67. The van der Waals surface area contributed by atoms with Gasteiger partial charge in [0, 0.05) is 11.4 Å². The molecule has 0 fully saturated rings. The minimum Gasteiger partial charge on any atom is -0.465 e. The molecule has 0 radical (unpaired) electrons. The highest BCUT2D eigenvalue weighted by atomic mass is 32.2. The molecule has 7 heteroatoms. The number of ether oxygens (including phenoxy) is 1. The highest BCUT2D eigenvalue weighted by Crippen LogP contribution is 2.30. The third-order valence-corrected chi connectivity index (χ3v) is 5.46. The van der Waals surface area contributed by atoms with E-state index < -0.39 is 0 Å². The topological polar surface area (TPSA) is 64.1 Å². The SMILES string of the molecule is COC(=O)c1ccc(CSc2nnc(Nc3cccc(C)c3)s2)cc1. The van der Waals surface area contributed by atoms with E-state index in [4.69, 9.17) is 4.74 Å². The molecule has 1 aromatic heterocycles. The first kappa shape index (κ1) is 17.4. The number of hydrogen-bond acceptors (Lipinski definition) is 7. The monoisotopic (exact) mass is 371 g/mol. The zero-order valence-electron chi connectivity index (χ0n) is 13.9. The molecule has 0 aliphatic heterocycles. The number of thioether (sulfide) groups is 1. The summed E-state index contributed by atoms with van der Waals surface area (Å²) in [6, 6.07) is 15.5. The van der Waals surface area contributed by atoms with Gasteiger partial charge in [0.05, 0.1) is 12.7 Å². The van der Waals surface area contributed by atoms with E-state index in [1.54, 1.807) is 23.9 Å². The number of hydrogen-bond donors (Lipinski definition) is 1. The van der Waals surface area contributed by atoms with Crippen LogP contribution in [0.3, 0.4) is 0 Å². The maximum atomic E-state index is 11.4. The van der Waals surface area contributed by atoms with Gasteiger partial charge >= 0.3 is 5.97 Å². The smallest absolute Gasteiger partial charge is 0.337 e. The third-order valence-electron chi connectivity index (χ3n) is 3.41. The first-order valence-corrected chi connectivity index (χ1v) is 9.41. The van der Waals surface area contributed by atoms with E-state index in [2.05, 4.69) is 34.6 Å². The average Bonchev–Trinajstić information content (AvgIpc) is 3.07. The van der Waals surface area contributed by atoms with Gasteiger partial charge in [0.1, 0.15) is 0 Å². The average molecular weight is 371 g/mol. The van der Waals surface area contributed by atoms with Gasteiger partial charge in [0.2, 0.25) is 5.13 Å². The van der Waals surface area contributed by atoms with Crippen molar-refractivity contribution in [1.82, 2.24) is 10.2 Å². The summed E-state index contributed by atoms with van der Waals surface area (Å²) in [7, 11) is 1.38. The lowest BCUT2D eigenvalue weighted by molar-refractivity contribution is 0.0600. The second-order valence-electron chi connectivity index (χ2n) is 5.34. The molecule has 1 heterocycles. The van der Waals surface area contributed by atoms with Crippen molar-refractivity contribution in [1.29, 1.82) is 0 Å². The Balaban J connectivity index is 1.57. The number of carbonyl (C=O) groups excluding carboxylic acids is 1. The van der Waals surface area contributed by atoms with Gasteiger partial charge in [0.25, 0.3) is 0 Å². The second kappa shape index (κ2) is 8.13. The number of esters is 1. The van der Waals surface area contributed by atoms with Crippen LogP contribution in [0.2, 0.25) is 0 Å². The number of methoxy groups -OCH3 is 1. The molecule has 0 saturated carbocycles. The van der Waals surface area contributed by atoms with Crippen molar-refractivity contribution in [2.24, 2.45) is 0 Å². The molecular weight excluding hydrogens is 354 g/mol. The number of aryl methyl sites for hydroxylation is 1. The van der Waals surface area contributed by atoms with E-state index >= 15 is 0 Å². The van der Waals surface area contributed by atoms with E-state index in [0.29, 0.717) is 5.56 Å². The molecule has 0 bridgehead atoms. The number of nitrogens with one attached hydrogen (secondary N) is 1. The zero-order valence-corrected chi connectivity index (χ0v) is 15.5. The van der Waals surface area contributed by atoms with E-state index in [1.807, 2.05) is 24.3 Å². The zero-order chi connectivity index (χ0) is 17.6. The Bertz CT molecular complexity index is 863. The van der Waals surface area contributed by atoms with Gasteiger partial charge in [-0.25, -0.2) is 4.79 Å². The summed E-state index contributed by atoms with van der Waals surface area (Å²) in [5, 5.41) is 12.4. The number of aromatic nitrogens is 2. The standard InChI is InChI=1S/C18H17N3O2S2/c1-12-4-3-5-15(10-12)19-17-20-21-18(25-17)24-11-13-6-8-14(9-7-13)16(22)23-2/h3-10H,11H2,1-2H3,(H,19,20). The highest BCUT2D eigenvalue weighted by molar-refractivity contribution is 8.00. The quantitative estimate of drug-likeness (QED) is 0.502. The normalized spacial score (nSPS) is 10.5. The maximum Gasteiger partial charge on any atom is 0.337 e. The number of rotatable bonds is 6. The predicted octanol–water partition coefficient (Wildman–Crippen LogP) is 4.67. The Hall–Kier alpha value is -2.38. The van der Waals surface area contributed by atoms with Crippen LogP contribution in [0.1, 0.15) is 21.5 Å². The molecule has 0 saturated heterocycles. The molecule has 1 N–H and O–H groups in total. The summed E-state index contributed by atoms with van der Waals surface area (Å²) in [6.45, 7) is 2.05. The molecule has 0 aliphatic rings. The molecule has 3 aromatic rings. The molecule has 25 heavy (non-hydrogen) atoms. The fourth-order valence-corrected chi connectivity index (χ4v) is 3.89. The van der Waals surface area contributed by atoms with Crippen LogP contribution in [0.4, 0.5) is 10.8 Å². The first-order valence-electron chi connectivity index (χ1n) is 7.61. The lowest BCUT2D eigenvalue weighted by atomic mass is 10.1. The van der Waals surface area contributed by atoms with Gasteiger partial charge in [-0.15, -0.1) is 10.2 Å². The summed E-state index contributed by atoms with van der Waals surface area (Å²) < 4.78 is 5.59. The van der Waals surface area contributed by atoms with Crippen molar-refractivity contribution in [2.45, 2.75) is 17.0 Å². The summed E-state index contributed by atoms with van der Waals surface area (Å²) in [6.07, 6.45) is 0. The molecule has 0 atom stereocenters. The summed E-state index contributed by atoms with van der Waals surface area (Å²) >= 11 is 3.14. The number of benzene rings is 2. The molecule has 128 valence electrons. The van der Waals surface area contributed by atoms with Gasteiger partial charge in [-0.1, -0.05) is 47.4 Å². The molecular formula is C18H17N3O2S2. The molecule has 3 rings (SSSR count). The second-order valence-corrected chi connectivity index (χ2v) is 7.54. The van der Waals surface area contributed by atoms with Gasteiger partial charge in [-0.05, 0) is 42.3 Å². The highest BCUT2D eigenvalue weighted by Gasteiger charge is 2.07. The van der Waals surface area contributed by atoms with Crippen molar-refractivity contribution in [3.8, 4) is 0 Å². The van der Waals surface area contributed by atoms with Crippen LogP contribution in [0, 0.1) is 6.92 Å². The molecule has 0 unspecified atom stereocenters. The van der Waals surface area contributed by atoms with Crippen molar-refractivity contribution < 1.29 is 9.53 Å². The largest absolute Gasteiger partial charge is 0.465 e. The Morgan fingerprint density at radius 3 is 2.72 bits per heavy atom. The van der Waals surface area contributed by atoms with E-state index in [0.717, 1.165) is 26.5 Å². The fourth-order valence-electron chi connectivity index (χ4n) is 2.16. The Morgan fingerprint density at radius 1 is 1.20 bits per heavy atom. The minimum atomic E-state index is -0.324. The van der Waals surface area contributed by atoms with Crippen LogP contribution >= 0.6 is 23.1 Å².